The van der Waals surface area contributed by atoms with Gasteiger partial charge in [0.15, 0.2) is 0 Å². The summed E-state index contributed by atoms with van der Waals surface area (Å²) in [4.78, 5) is 25.4. The van der Waals surface area contributed by atoms with E-state index in [1.807, 2.05) is 13.0 Å². The molecule has 2 rings (SSSR count). The smallest absolute Gasteiger partial charge is 0.261 e. The van der Waals surface area contributed by atoms with Crippen LogP contribution in [0.15, 0.2) is 36.4 Å². The first-order valence-electron chi connectivity index (χ1n) is 8.16. The van der Waals surface area contributed by atoms with Gasteiger partial charge in [0, 0.05) is 11.4 Å². The Morgan fingerprint density at radius 1 is 1.04 bits per heavy atom. The number of carbonyl (C=O) groups is 2. The molecule has 128 valence electrons. The van der Waals surface area contributed by atoms with Gasteiger partial charge in [-0.1, -0.05) is 38.1 Å². The highest BCUT2D eigenvalue weighted by molar-refractivity contribution is 7.13. The topological polar surface area (TPSA) is 58.2 Å². The van der Waals surface area contributed by atoms with Crippen LogP contribution < -0.4 is 10.6 Å². The Bertz CT molecular complexity index is 690. The summed E-state index contributed by atoms with van der Waals surface area (Å²) in [5.74, 6) is 0.150. The fraction of sp³-hybridized carbons (Fsp3) is 0.368. The van der Waals surface area contributed by atoms with Crippen LogP contribution in [0.3, 0.4) is 0 Å². The number of hydrogen-bond donors (Lipinski definition) is 2. The number of rotatable bonds is 7. The van der Waals surface area contributed by atoms with Crippen LogP contribution in [-0.2, 0) is 11.2 Å². The van der Waals surface area contributed by atoms with Gasteiger partial charge in [-0.2, -0.15) is 0 Å². The van der Waals surface area contributed by atoms with Gasteiger partial charge >= 0.3 is 0 Å². The maximum absolute atomic E-state index is 11.9. The highest BCUT2D eigenvalue weighted by Gasteiger charge is 2.09. The van der Waals surface area contributed by atoms with Crippen LogP contribution in [0.4, 0.5) is 0 Å². The maximum atomic E-state index is 11.9. The summed E-state index contributed by atoms with van der Waals surface area (Å²) in [6.45, 7) is 6.85. The molecule has 0 bridgehead atoms. The van der Waals surface area contributed by atoms with Crippen LogP contribution in [0.25, 0.3) is 0 Å². The third kappa shape index (κ3) is 5.49. The second-order valence-corrected chi connectivity index (χ2v) is 7.38. The molecular formula is C19H24N2O2S. The Hall–Kier alpha value is -2.14. The lowest BCUT2D eigenvalue weighted by Gasteiger charge is -2.08. The van der Waals surface area contributed by atoms with Crippen molar-refractivity contribution in [2.45, 2.75) is 33.1 Å². The largest absolute Gasteiger partial charge is 0.354 e. The van der Waals surface area contributed by atoms with Gasteiger partial charge in [-0.25, -0.2) is 0 Å². The molecule has 0 atom stereocenters. The van der Waals surface area contributed by atoms with Crippen LogP contribution in [0.1, 0.15) is 45.4 Å². The molecule has 1 aromatic heterocycles. The molecule has 2 aromatic rings. The molecule has 0 aliphatic carbocycles. The number of hydrogen-bond acceptors (Lipinski definition) is 3. The number of benzene rings is 1. The lowest BCUT2D eigenvalue weighted by atomic mass is 10.0. The fourth-order valence-corrected chi connectivity index (χ4v) is 3.07. The number of carbonyl (C=O) groups excluding carboxylic acids is 2. The van der Waals surface area contributed by atoms with Crippen molar-refractivity contribution >= 4 is 23.2 Å². The van der Waals surface area contributed by atoms with Crippen LogP contribution in [0.2, 0.25) is 0 Å². The first-order valence-corrected chi connectivity index (χ1v) is 8.97. The van der Waals surface area contributed by atoms with E-state index in [1.54, 1.807) is 6.07 Å². The summed E-state index contributed by atoms with van der Waals surface area (Å²) in [6.07, 6.45) is 0.780. The molecule has 0 saturated heterocycles. The van der Waals surface area contributed by atoms with Crippen molar-refractivity contribution in [2.75, 3.05) is 13.1 Å². The van der Waals surface area contributed by atoms with Crippen LogP contribution >= 0.6 is 11.3 Å². The van der Waals surface area contributed by atoms with Gasteiger partial charge in [-0.05, 0) is 42.5 Å². The van der Waals surface area contributed by atoms with Crippen LogP contribution in [-0.4, -0.2) is 24.9 Å². The minimum atomic E-state index is -0.201. The number of thiophene rings is 1. The van der Waals surface area contributed by atoms with Crippen molar-refractivity contribution in [3.8, 4) is 0 Å². The van der Waals surface area contributed by atoms with Crippen molar-refractivity contribution in [1.29, 1.82) is 0 Å². The summed E-state index contributed by atoms with van der Waals surface area (Å²) in [5.41, 5.74) is 2.51. The average molecular weight is 344 g/mol. The zero-order valence-electron chi connectivity index (χ0n) is 14.4. The quantitative estimate of drug-likeness (QED) is 0.810. The van der Waals surface area contributed by atoms with Gasteiger partial charge in [0.25, 0.3) is 5.91 Å². The minimum Gasteiger partial charge on any atom is -0.354 e. The molecule has 5 heteroatoms. The predicted molar refractivity (Wildman–Crippen MR) is 98.6 cm³/mol. The van der Waals surface area contributed by atoms with Gasteiger partial charge < -0.3 is 10.6 Å². The van der Waals surface area contributed by atoms with Gasteiger partial charge in [-0.15, -0.1) is 11.3 Å². The van der Waals surface area contributed by atoms with Gasteiger partial charge in [0.05, 0.1) is 11.4 Å². The molecule has 2 amide bonds. The zero-order chi connectivity index (χ0) is 17.5. The normalized spacial score (nSPS) is 10.7. The summed E-state index contributed by atoms with van der Waals surface area (Å²) in [7, 11) is 0. The fourth-order valence-electron chi connectivity index (χ4n) is 2.28. The van der Waals surface area contributed by atoms with E-state index in [9.17, 15) is 9.59 Å². The van der Waals surface area contributed by atoms with E-state index in [4.69, 9.17) is 0 Å². The number of amides is 2. The third-order valence-corrected chi connectivity index (χ3v) is 4.76. The Morgan fingerprint density at radius 2 is 1.75 bits per heavy atom. The first-order chi connectivity index (χ1) is 11.5. The second kappa shape index (κ2) is 8.64. The first kappa shape index (κ1) is 18.2. The Kier molecular flexibility index (Phi) is 6.55. The molecule has 0 saturated carbocycles. The van der Waals surface area contributed by atoms with Gasteiger partial charge in [0.2, 0.25) is 5.91 Å². The molecule has 0 unspecified atom stereocenters. The van der Waals surface area contributed by atoms with Crippen molar-refractivity contribution in [3.05, 3.63) is 57.3 Å². The van der Waals surface area contributed by atoms with Gasteiger partial charge in [-0.3, -0.25) is 9.59 Å². The predicted octanol–water partition coefficient (Wildman–Crippen LogP) is 3.27. The lowest BCUT2D eigenvalue weighted by Crippen LogP contribution is -2.37. The third-order valence-electron chi connectivity index (χ3n) is 3.76. The van der Waals surface area contributed by atoms with E-state index >= 15 is 0 Å². The van der Waals surface area contributed by atoms with E-state index in [1.165, 1.54) is 22.5 Å². The Morgan fingerprint density at radius 3 is 2.33 bits per heavy atom. The summed E-state index contributed by atoms with van der Waals surface area (Å²) in [5, 5.41) is 5.47. The summed E-state index contributed by atoms with van der Waals surface area (Å²) >= 11 is 1.42. The molecule has 1 aromatic carbocycles. The Balaban J connectivity index is 1.68. The second-order valence-electron chi connectivity index (χ2n) is 6.09. The van der Waals surface area contributed by atoms with Gasteiger partial charge in [0.1, 0.15) is 0 Å². The van der Waals surface area contributed by atoms with Crippen molar-refractivity contribution < 1.29 is 9.59 Å². The minimum absolute atomic E-state index is 0.00205. The molecule has 0 aliphatic heterocycles. The van der Waals surface area contributed by atoms with Crippen LogP contribution in [0.5, 0.6) is 0 Å². The molecule has 0 radical (unpaired) electrons. The molecule has 24 heavy (non-hydrogen) atoms. The van der Waals surface area contributed by atoms with Crippen molar-refractivity contribution in [2.24, 2.45) is 0 Å². The summed E-state index contributed by atoms with van der Waals surface area (Å²) in [6, 6.07) is 12.1. The average Bonchev–Trinajstić information content (AvgIpc) is 2.99. The molecule has 0 aliphatic rings. The summed E-state index contributed by atoms with van der Waals surface area (Å²) < 4.78 is 0. The van der Waals surface area contributed by atoms with Crippen LogP contribution in [0, 0.1) is 6.92 Å². The van der Waals surface area contributed by atoms with E-state index in [-0.39, 0.29) is 18.4 Å². The number of nitrogens with one attached hydrogen (secondary N) is 2. The molecule has 4 nitrogen and oxygen atoms in total. The molecule has 0 spiro atoms. The highest BCUT2D eigenvalue weighted by atomic mass is 32.1. The SMILES string of the molecule is Cc1ccc(C(=O)NCC(=O)NCCc2ccc(C(C)C)cc2)s1. The van der Waals surface area contributed by atoms with E-state index < -0.39 is 0 Å². The van der Waals surface area contributed by atoms with Crippen molar-refractivity contribution in [1.82, 2.24) is 10.6 Å². The molecule has 1 heterocycles. The van der Waals surface area contributed by atoms with E-state index in [0.717, 1.165) is 11.3 Å². The molecular weight excluding hydrogens is 320 g/mol. The standard InChI is InChI=1S/C19H24N2O2S/c1-13(2)16-7-5-15(6-8-16)10-11-20-18(22)12-21-19(23)17-9-4-14(3)24-17/h4-9,13H,10-12H2,1-3H3,(H,20,22)(H,21,23). The monoisotopic (exact) mass is 344 g/mol. The molecule has 0 fully saturated rings. The van der Waals surface area contributed by atoms with Crippen molar-refractivity contribution in [3.63, 3.8) is 0 Å². The van der Waals surface area contributed by atoms with E-state index in [2.05, 4.69) is 48.7 Å². The highest BCUT2D eigenvalue weighted by Crippen LogP contribution is 2.15. The number of aryl methyl sites for hydroxylation is 1. The Labute approximate surface area is 147 Å². The molecule has 2 N–H and O–H groups in total. The maximum Gasteiger partial charge on any atom is 0.261 e. The zero-order valence-corrected chi connectivity index (χ0v) is 15.2. The van der Waals surface area contributed by atoms with E-state index in [0.29, 0.717) is 17.3 Å². The lowest BCUT2D eigenvalue weighted by molar-refractivity contribution is -0.120.